The lowest BCUT2D eigenvalue weighted by Crippen LogP contribution is -2.27. The van der Waals surface area contributed by atoms with Gasteiger partial charge in [-0.05, 0) is 38.8 Å². The van der Waals surface area contributed by atoms with Gasteiger partial charge in [-0.2, -0.15) is 5.10 Å². The number of benzene rings is 1. The second-order valence-electron chi connectivity index (χ2n) is 4.96. The van der Waals surface area contributed by atoms with E-state index >= 15 is 0 Å². The maximum atomic E-state index is 12.1. The molecule has 0 aliphatic rings. The van der Waals surface area contributed by atoms with Crippen LogP contribution < -0.4 is 5.32 Å². The van der Waals surface area contributed by atoms with Crippen molar-refractivity contribution < 1.29 is 4.79 Å². The Morgan fingerprint density at radius 2 is 2.05 bits per heavy atom. The Bertz CT molecular complexity index is 601. The summed E-state index contributed by atoms with van der Waals surface area (Å²) in [5, 5.41) is 9.64. The van der Waals surface area contributed by atoms with Crippen molar-refractivity contribution in [2.24, 2.45) is 0 Å². The van der Waals surface area contributed by atoms with E-state index in [0.717, 1.165) is 11.3 Å². The average molecular weight is 257 g/mol. The quantitative estimate of drug-likeness (QED) is 0.888. The lowest BCUT2D eigenvalue weighted by Gasteiger charge is -2.17. The molecule has 0 aliphatic heterocycles. The van der Waals surface area contributed by atoms with Gasteiger partial charge in [-0.15, -0.1) is 0 Å². The predicted molar refractivity (Wildman–Crippen MR) is 75.1 cm³/mol. The molecule has 1 atom stereocenters. The Hall–Kier alpha value is -2.10. The lowest BCUT2D eigenvalue weighted by atomic mass is 10.00. The first-order valence-electron chi connectivity index (χ1n) is 6.37. The molecule has 0 spiro atoms. The van der Waals surface area contributed by atoms with Crippen molar-refractivity contribution in [1.29, 1.82) is 0 Å². The molecule has 2 N–H and O–H groups in total. The number of carbonyl (C=O) groups is 1. The van der Waals surface area contributed by atoms with E-state index in [1.54, 1.807) is 6.20 Å². The summed E-state index contributed by atoms with van der Waals surface area (Å²) in [6.07, 6.45) is 1.55. The van der Waals surface area contributed by atoms with Gasteiger partial charge in [0.15, 0.2) is 0 Å². The SMILES string of the molecule is Cc1ccc(C(C)NC(=O)c2cn[nH]c2C)c(C)c1. The highest BCUT2D eigenvalue weighted by Crippen LogP contribution is 2.19. The summed E-state index contributed by atoms with van der Waals surface area (Å²) in [5.74, 6) is -0.0984. The number of H-pyrrole nitrogens is 1. The number of rotatable bonds is 3. The van der Waals surface area contributed by atoms with Crippen LogP contribution >= 0.6 is 0 Å². The Kier molecular flexibility index (Phi) is 3.69. The van der Waals surface area contributed by atoms with Crippen molar-refractivity contribution in [2.75, 3.05) is 0 Å². The van der Waals surface area contributed by atoms with Crippen LogP contribution in [0, 0.1) is 20.8 Å². The molecule has 2 rings (SSSR count). The second kappa shape index (κ2) is 5.26. The third-order valence-corrected chi connectivity index (χ3v) is 3.31. The molecule has 0 saturated carbocycles. The minimum absolute atomic E-state index is 0.0256. The fourth-order valence-corrected chi connectivity index (χ4v) is 2.24. The van der Waals surface area contributed by atoms with Gasteiger partial charge in [0.05, 0.1) is 17.8 Å². The minimum atomic E-state index is -0.0984. The van der Waals surface area contributed by atoms with Crippen LogP contribution in [0.1, 0.15) is 45.7 Å². The highest BCUT2D eigenvalue weighted by atomic mass is 16.1. The van der Waals surface area contributed by atoms with E-state index in [0.29, 0.717) is 5.56 Å². The van der Waals surface area contributed by atoms with E-state index in [1.165, 1.54) is 11.1 Å². The summed E-state index contributed by atoms with van der Waals surface area (Å²) in [7, 11) is 0. The Morgan fingerprint density at radius 1 is 1.32 bits per heavy atom. The molecule has 1 amide bonds. The van der Waals surface area contributed by atoms with Crippen LogP contribution in [0.5, 0.6) is 0 Å². The number of aromatic amines is 1. The molecule has 1 aromatic heterocycles. The molecule has 4 heteroatoms. The molecule has 2 aromatic rings. The molecule has 0 bridgehead atoms. The molecule has 100 valence electrons. The standard InChI is InChI=1S/C15H19N3O/c1-9-5-6-13(10(2)7-9)11(3)17-15(19)14-8-16-18-12(14)4/h5-8,11H,1-4H3,(H,16,18)(H,17,19). The third-order valence-electron chi connectivity index (χ3n) is 3.31. The topological polar surface area (TPSA) is 57.8 Å². The van der Waals surface area contributed by atoms with Crippen LogP contribution in [0.15, 0.2) is 24.4 Å². The maximum Gasteiger partial charge on any atom is 0.255 e. The van der Waals surface area contributed by atoms with E-state index in [-0.39, 0.29) is 11.9 Å². The van der Waals surface area contributed by atoms with Gasteiger partial charge in [0.1, 0.15) is 0 Å². The van der Waals surface area contributed by atoms with Crippen molar-refractivity contribution in [1.82, 2.24) is 15.5 Å². The zero-order valence-electron chi connectivity index (χ0n) is 11.7. The molecule has 1 unspecified atom stereocenters. The second-order valence-corrected chi connectivity index (χ2v) is 4.96. The zero-order valence-corrected chi connectivity index (χ0v) is 11.7. The first-order chi connectivity index (χ1) is 8.99. The lowest BCUT2D eigenvalue weighted by molar-refractivity contribution is 0.0939. The summed E-state index contributed by atoms with van der Waals surface area (Å²) >= 11 is 0. The molecule has 1 aromatic carbocycles. The van der Waals surface area contributed by atoms with Crippen molar-refractivity contribution in [3.63, 3.8) is 0 Å². The van der Waals surface area contributed by atoms with Crippen LogP contribution in [0.4, 0.5) is 0 Å². The van der Waals surface area contributed by atoms with Gasteiger partial charge in [0, 0.05) is 5.69 Å². The summed E-state index contributed by atoms with van der Waals surface area (Å²) in [4.78, 5) is 12.1. The molecular weight excluding hydrogens is 238 g/mol. The summed E-state index contributed by atoms with van der Waals surface area (Å²) in [6.45, 7) is 7.96. The smallest absolute Gasteiger partial charge is 0.255 e. The first-order valence-corrected chi connectivity index (χ1v) is 6.37. The number of nitrogens with zero attached hydrogens (tertiary/aromatic N) is 1. The van der Waals surface area contributed by atoms with Gasteiger partial charge in [-0.25, -0.2) is 0 Å². The van der Waals surface area contributed by atoms with Crippen molar-refractivity contribution in [3.8, 4) is 0 Å². The molecule has 0 saturated heterocycles. The fourth-order valence-electron chi connectivity index (χ4n) is 2.24. The number of nitrogens with one attached hydrogen (secondary N) is 2. The number of aryl methyl sites for hydroxylation is 3. The summed E-state index contributed by atoms with van der Waals surface area (Å²) in [6, 6.07) is 6.23. The van der Waals surface area contributed by atoms with Gasteiger partial charge in [-0.1, -0.05) is 23.8 Å². The highest BCUT2D eigenvalue weighted by molar-refractivity contribution is 5.95. The maximum absolute atomic E-state index is 12.1. The van der Waals surface area contributed by atoms with Gasteiger partial charge >= 0.3 is 0 Å². The normalized spacial score (nSPS) is 12.2. The largest absolute Gasteiger partial charge is 0.345 e. The number of hydrogen-bond acceptors (Lipinski definition) is 2. The summed E-state index contributed by atoms with van der Waals surface area (Å²) < 4.78 is 0. The molecular formula is C15H19N3O. The molecule has 0 fully saturated rings. The number of aromatic nitrogens is 2. The third kappa shape index (κ3) is 2.84. The molecule has 0 aliphatic carbocycles. The van der Waals surface area contributed by atoms with Crippen molar-refractivity contribution >= 4 is 5.91 Å². The van der Waals surface area contributed by atoms with Gasteiger partial charge < -0.3 is 5.32 Å². The minimum Gasteiger partial charge on any atom is -0.345 e. The predicted octanol–water partition coefficient (Wildman–Crippen LogP) is 2.83. The van der Waals surface area contributed by atoms with Crippen molar-refractivity contribution in [2.45, 2.75) is 33.7 Å². The number of carbonyl (C=O) groups excluding carboxylic acids is 1. The molecule has 1 heterocycles. The van der Waals surface area contributed by atoms with E-state index in [9.17, 15) is 4.79 Å². The van der Waals surface area contributed by atoms with Crippen LogP contribution in [0.2, 0.25) is 0 Å². The van der Waals surface area contributed by atoms with Crippen molar-refractivity contribution in [3.05, 3.63) is 52.3 Å². The van der Waals surface area contributed by atoms with E-state index < -0.39 is 0 Å². The van der Waals surface area contributed by atoms with Crippen LogP contribution in [-0.2, 0) is 0 Å². The molecule has 0 radical (unpaired) electrons. The first kappa shape index (κ1) is 13.3. The monoisotopic (exact) mass is 257 g/mol. The Morgan fingerprint density at radius 3 is 2.63 bits per heavy atom. The van der Waals surface area contributed by atoms with Gasteiger partial charge in [0.25, 0.3) is 5.91 Å². The fraction of sp³-hybridized carbons (Fsp3) is 0.333. The van der Waals surface area contributed by atoms with E-state index in [4.69, 9.17) is 0 Å². The van der Waals surface area contributed by atoms with Gasteiger partial charge in [-0.3, -0.25) is 9.89 Å². The van der Waals surface area contributed by atoms with Crippen LogP contribution in [0.25, 0.3) is 0 Å². The zero-order chi connectivity index (χ0) is 14.0. The van der Waals surface area contributed by atoms with Crippen LogP contribution in [-0.4, -0.2) is 16.1 Å². The number of hydrogen-bond donors (Lipinski definition) is 2. The molecule has 4 nitrogen and oxygen atoms in total. The Labute approximate surface area is 113 Å². The Balaban J connectivity index is 2.15. The van der Waals surface area contributed by atoms with Crippen LogP contribution in [0.3, 0.4) is 0 Å². The van der Waals surface area contributed by atoms with E-state index in [1.807, 2.05) is 13.8 Å². The number of amides is 1. The van der Waals surface area contributed by atoms with Gasteiger partial charge in [0.2, 0.25) is 0 Å². The average Bonchev–Trinajstić information content (AvgIpc) is 2.75. The highest BCUT2D eigenvalue weighted by Gasteiger charge is 2.15. The summed E-state index contributed by atoms with van der Waals surface area (Å²) in [5.41, 5.74) is 4.93. The molecule has 19 heavy (non-hydrogen) atoms. The van der Waals surface area contributed by atoms with E-state index in [2.05, 4.69) is 47.6 Å².